The van der Waals surface area contributed by atoms with Gasteiger partial charge < -0.3 is 4.98 Å². The molecule has 0 atom stereocenters. The number of carbonyl (C=O) groups is 1. The number of hydrogen-bond acceptors (Lipinski definition) is 4. The van der Waals surface area contributed by atoms with Crippen molar-refractivity contribution < 1.29 is 4.79 Å². The lowest BCUT2D eigenvalue weighted by atomic mass is 10.5. The Morgan fingerprint density at radius 3 is 3.08 bits per heavy atom. The average molecular weight is 194 g/mol. The summed E-state index contributed by atoms with van der Waals surface area (Å²) in [5.41, 5.74) is 0. The van der Waals surface area contributed by atoms with Crippen LogP contribution in [-0.2, 0) is 0 Å². The molecule has 0 saturated carbocycles. The minimum atomic E-state index is -0.197. The van der Waals surface area contributed by atoms with Gasteiger partial charge in [-0.2, -0.15) is 0 Å². The van der Waals surface area contributed by atoms with Crippen molar-refractivity contribution in [2.75, 3.05) is 5.32 Å². The summed E-state index contributed by atoms with van der Waals surface area (Å²) in [6.45, 7) is 0. The van der Waals surface area contributed by atoms with Gasteiger partial charge in [0, 0.05) is 18.6 Å². The Kier molecular flexibility index (Phi) is 2.05. The molecule has 0 aliphatic heterocycles. The number of imidazole rings is 1. The second-order valence-corrected chi connectivity index (χ2v) is 3.10. The molecule has 0 bridgehead atoms. The predicted octanol–water partition coefficient (Wildman–Crippen LogP) is 1.12. The van der Waals surface area contributed by atoms with E-state index in [1.54, 1.807) is 24.7 Å². The molecule has 2 rings (SSSR count). The number of aromatic nitrogens is 3. The fraction of sp³-hybridized carbons (Fsp3) is 0. The first kappa shape index (κ1) is 7.93. The van der Waals surface area contributed by atoms with E-state index in [2.05, 4.69) is 19.7 Å². The van der Waals surface area contributed by atoms with Crippen LogP contribution in [0.5, 0.6) is 0 Å². The highest BCUT2D eigenvalue weighted by atomic mass is 32.1. The summed E-state index contributed by atoms with van der Waals surface area (Å²) in [5.74, 6) is 0.246. The molecule has 0 unspecified atom stereocenters. The largest absolute Gasteiger partial charge is 0.331 e. The normalized spacial score (nSPS) is 9.85. The van der Waals surface area contributed by atoms with E-state index in [0.717, 1.165) is 11.5 Å². The molecule has 0 radical (unpaired) electrons. The van der Waals surface area contributed by atoms with E-state index in [9.17, 15) is 4.79 Å². The van der Waals surface area contributed by atoms with Crippen molar-refractivity contribution >= 4 is 23.4 Å². The fourth-order valence-corrected chi connectivity index (χ4v) is 1.33. The van der Waals surface area contributed by atoms with Crippen LogP contribution in [0.4, 0.5) is 5.95 Å². The van der Waals surface area contributed by atoms with E-state index in [1.165, 1.54) is 0 Å². The van der Waals surface area contributed by atoms with Crippen LogP contribution in [0.2, 0.25) is 0 Å². The Hall–Kier alpha value is -1.69. The molecule has 2 N–H and O–H groups in total. The van der Waals surface area contributed by atoms with Gasteiger partial charge in [-0.15, -0.1) is 0 Å². The molecule has 6 heteroatoms. The third-order valence-corrected chi connectivity index (χ3v) is 2.14. The van der Waals surface area contributed by atoms with Crippen molar-refractivity contribution in [3.05, 3.63) is 29.5 Å². The molecular formula is C7H6N4OS. The summed E-state index contributed by atoms with van der Waals surface area (Å²) in [5, 5.41) is 2.59. The van der Waals surface area contributed by atoms with E-state index >= 15 is 0 Å². The Morgan fingerprint density at radius 2 is 2.46 bits per heavy atom. The number of H-pyrrole nitrogens is 1. The molecule has 0 aromatic carbocycles. The molecule has 2 heterocycles. The molecular weight excluding hydrogens is 188 g/mol. The maximum atomic E-state index is 11.4. The number of nitrogens with one attached hydrogen (secondary N) is 2. The first-order valence-corrected chi connectivity index (χ1v) is 4.35. The van der Waals surface area contributed by atoms with Crippen LogP contribution in [0.25, 0.3) is 0 Å². The molecule has 1 amide bonds. The van der Waals surface area contributed by atoms with Crippen LogP contribution in [0.1, 0.15) is 9.67 Å². The number of hydrogen-bond donors (Lipinski definition) is 2. The second kappa shape index (κ2) is 3.36. The summed E-state index contributed by atoms with van der Waals surface area (Å²) < 4.78 is 3.82. The van der Waals surface area contributed by atoms with E-state index in [0.29, 0.717) is 10.8 Å². The highest BCUT2D eigenvalue weighted by Crippen LogP contribution is 2.06. The minimum absolute atomic E-state index is 0.197. The van der Waals surface area contributed by atoms with Gasteiger partial charge in [-0.25, -0.2) is 9.36 Å². The minimum Gasteiger partial charge on any atom is -0.331 e. The summed E-state index contributed by atoms with van der Waals surface area (Å²) in [7, 11) is 0. The lowest BCUT2D eigenvalue weighted by Crippen LogP contribution is -2.10. The highest BCUT2D eigenvalue weighted by Gasteiger charge is 2.07. The summed E-state index contributed by atoms with van der Waals surface area (Å²) in [6.07, 6.45) is 4.80. The predicted molar refractivity (Wildman–Crippen MR) is 48.7 cm³/mol. The third-order valence-electron chi connectivity index (χ3n) is 1.39. The number of carbonyl (C=O) groups excluding carboxylic acids is 1. The monoisotopic (exact) mass is 194 g/mol. The molecule has 0 aliphatic rings. The molecule has 0 spiro atoms. The van der Waals surface area contributed by atoms with Crippen LogP contribution in [-0.4, -0.2) is 20.2 Å². The van der Waals surface area contributed by atoms with Crippen molar-refractivity contribution in [3.8, 4) is 0 Å². The van der Waals surface area contributed by atoms with Crippen molar-refractivity contribution in [1.29, 1.82) is 0 Å². The van der Waals surface area contributed by atoms with Crippen LogP contribution in [0.15, 0.2) is 24.7 Å². The number of amides is 1. The molecule has 0 aliphatic carbocycles. The number of anilines is 1. The summed E-state index contributed by atoms with van der Waals surface area (Å²) in [6, 6.07) is 1.66. The number of aromatic amines is 1. The zero-order valence-electron chi connectivity index (χ0n) is 6.52. The van der Waals surface area contributed by atoms with E-state index in [1.807, 2.05) is 0 Å². The van der Waals surface area contributed by atoms with E-state index in [4.69, 9.17) is 0 Å². The van der Waals surface area contributed by atoms with Crippen molar-refractivity contribution in [3.63, 3.8) is 0 Å². The molecule has 0 fully saturated rings. The van der Waals surface area contributed by atoms with Crippen LogP contribution < -0.4 is 5.32 Å². The number of nitrogens with zero attached hydrogens (tertiary/aromatic N) is 2. The topological polar surface area (TPSA) is 70.7 Å². The van der Waals surface area contributed by atoms with E-state index < -0.39 is 0 Å². The van der Waals surface area contributed by atoms with Gasteiger partial charge in [0.2, 0.25) is 5.95 Å². The van der Waals surface area contributed by atoms with Gasteiger partial charge >= 0.3 is 0 Å². The zero-order valence-corrected chi connectivity index (χ0v) is 7.34. The lowest BCUT2D eigenvalue weighted by Gasteiger charge is -1.96. The van der Waals surface area contributed by atoms with Crippen molar-refractivity contribution in [2.45, 2.75) is 0 Å². The third kappa shape index (κ3) is 1.73. The summed E-state index contributed by atoms with van der Waals surface area (Å²) >= 11 is 1.15. The Bertz CT molecular complexity index is 381. The average Bonchev–Trinajstić information content (AvgIpc) is 2.74. The maximum Gasteiger partial charge on any atom is 0.269 e. The van der Waals surface area contributed by atoms with Gasteiger partial charge in [0.1, 0.15) is 4.88 Å². The smallest absolute Gasteiger partial charge is 0.269 e. The van der Waals surface area contributed by atoms with Crippen molar-refractivity contribution in [1.82, 2.24) is 14.3 Å². The maximum absolute atomic E-state index is 11.4. The molecule has 0 saturated heterocycles. The molecule has 5 nitrogen and oxygen atoms in total. The quantitative estimate of drug-likeness (QED) is 0.752. The van der Waals surface area contributed by atoms with Crippen LogP contribution in [0.3, 0.4) is 0 Å². The Morgan fingerprint density at radius 1 is 1.54 bits per heavy atom. The standard InChI is InChI=1S/C7H6N4OS/c12-6(5-1-2-10-13-5)11-7-8-3-4-9-7/h1-4H,(H2,8,9,11,12). The van der Waals surface area contributed by atoms with Crippen LogP contribution in [0, 0.1) is 0 Å². The Labute approximate surface area is 78.0 Å². The fourth-order valence-electron chi connectivity index (χ4n) is 0.836. The van der Waals surface area contributed by atoms with E-state index in [-0.39, 0.29) is 5.91 Å². The summed E-state index contributed by atoms with van der Waals surface area (Å²) in [4.78, 5) is 18.6. The zero-order chi connectivity index (χ0) is 9.10. The first-order valence-electron chi connectivity index (χ1n) is 3.57. The van der Waals surface area contributed by atoms with Gasteiger partial charge in [0.25, 0.3) is 5.91 Å². The SMILES string of the molecule is O=C(Nc1ncc[nH]1)c1ccns1. The van der Waals surface area contributed by atoms with Gasteiger partial charge in [-0.1, -0.05) is 0 Å². The molecule has 66 valence electrons. The van der Waals surface area contributed by atoms with Gasteiger partial charge in [0.15, 0.2) is 0 Å². The van der Waals surface area contributed by atoms with Gasteiger partial charge in [-0.05, 0) is 17.6 Å². The molecule has 13 heavy (non-hydrogen) atoms. The van der Waals surface area contributed by atoms with Gasteiger partial charge in [0.05, 0.1) is 0 Å². The lowest BCUT2D eigenvalue weighted by molar-refractivity contribution is 0.103. The van der Waals surface area contributed by atoms with Crippen LogP contribution >= 0.6 is 11.5 Å². The molecule has 2 aromatic rings. The Balaban J connectivity index is 2.08. The van der Waals surface area contributed by atoms with Crippen molar-refractivity contribution in [2.24, 2.45) is 0 Å². The molecule has 2 aromatic heterocycles. The van der Waals surface area contributed by atoms with Gasteiger partial charge in [-0.3, -0.25) is 10.1 Å². The number of rotatable bonds is 2. The second-order valence-electron chi connectivity index (χ2n) is 2.27. The highest BCUT2D eigenvalue weighted by molar-refractivity contribution is 7.08. The first-order chi connectivity index (χ1) is 6.36.